The Morgan fingerprint density at radius 1 is 1.25 bits per heavy atom. The van der Waals surface area contributed by atoms with Crippen molar-refractivity contribution in [3.05, 3.63) is 52.6 Å². The molecule has 2 aromatic heterocycles. The Morgan fingerprint density at radius 3 is 2.80 bits per heavy atom. The molecule has 7 heteroatoms. The molecule has 0 unspecified atom stereocenters. The zero-order valence-corrected chi connectivity index (χ0v) is 11.1. The lowest BCUT2D eigenvalue weighted by atomic mass is 10.3. The topological polar surface area (TPSA) is 97.8 Å². The van der Waals surface area contributed by atoms with E-state index in [1.807, 2.05) is 30.3 Å². The molecule has 20 heavy (non-hydrogen) atoms. The lowest BCUT2D eigenvalue weighted by Gasteiger charge is -2.00. The van der Waals surface area contributed by atoms with E-state index in [1.54, 1.807) is 0 Å². The van der Waals surface area contributed by atoms with E-state index in [9.17, 15) is 10.1 Å². The number of benzene rings is 1. The Labute approximate surface area is 118 Å². The number of hydrogen-bond donors (Lipinski definition) is 2. The quantitative estimate of drug-likeness (QED) is 0.569. The summed E-state index contributed by atoms with van der Waals surface area (Å²) in [5, 5.41) is 13.2. The summed E-state index contributed by atoms with van der Waals surface area (Å²) in [6.45, 7) is 0. The van der Waals surface area contributed by atoms with Crippen molar-refractivity contribution < 1.29 is 4.92 Å². The maximum absolute atomic E-state index is 10.8. The minimum Gasteiger partial charge on any atom is -0.383 e. The van der Waals surface area contributed by atoms with Crippen molar-refractivity contribution in [3.8, 4) is 0 Å². The number of nitrogens with zero attached hydrogens (tertiary/aromatic N) is 2. The zero-order valence-electron chi connectivity index (χ0n) is 10.2. The number of nitrogens with one attached hydrogen (secondary N) is 1. The van der Waals surface area contributed by atoms with Gasteiger partial charge in [0, 0.05) is 17.0 Å². The molecular weight excluding hydrogens is 276 g/mol. The van der Waals surface area contributed by atoms with E-state index in [0.29, 0.717) is 5.03 Å². The molecule has 0 aliphatic carbocycles. The summed E-state index contributed by atoms with van der Waals surface area (Å²) in [5.74, 6) is 0.137. The molecule has 0 fully saturated rings. The molecule has 0 aliphatic rings. The predicted molar refractivity (Wildman–Crippen MR) is 77.7 cm³/mol. The molecule has 3 N–H and O–H groups in total. The summed E-state index contributed by atoms with van der Waals surface area (Å²) in [7, 11) is 0. The number of anilines is 1. The van der Waals surface area contributed by atoms with Crippen molar-refractivity contribution in [2.75, 3.05) is 5.73 Å². The van der Waals surface area contributed by atoms with Gasteiger partial charge in [-0.05, 0) is 12.1 Å². The molecule has 0 aliphatic heterocycles. The molecule has 0 radical (unpaired) electrons. The third kappa shape index (κ3) is 2.43. The second-order valence-corrected chi connectivity index (χ2v) is 5.23. The summed E-state index contributed by atoms with van der Waals surface area (Å²) >= 11 is 1.31. The summed E-state index contributed by atoms with van der Waals surface area (Å²) in [5.41, 5.74) is 6.54. The van der Waals surface area contributed by atoms with Crippen LogP contribution < -0.4 is 5.73 Å². The Kier molecular flexibility index (Phi) is 3.03. The van der Waals surface area contributed by atoms with Gasteiger partial charge in [-0.3, -0.25) is 10.1 Å². The van der Waals surface area contributed by atoms with E-state index >= 15 is 0 Å². The summed E-state index contributed by atoms with van der Waals surface area (Å²) in [6, 6.07) is 12.5. The van der Waals surface area contributed by atoms with Gasteiger partial charge < -0.3 is 10.7 Å². The molecule has 3 aromatic rings. The van der Waals surface area contributed by atoms with Crippen molar-refractivity contribution in [2.24, 2.45) is 0 Å². The average molecular weight is 286 g/mol. The normalized spacial score (nSPS) is 10.8. The van der Waals surface area contributed by atoms with Gasteiger partial charge in [-0.1, -0.05) is 30.0 Å². The minimum atomic E-state index is -0.479. The third-order valence-electron chi connectivity index (χ3n) is 2.74. The van der Waals surface area contributed by atoms with Crippen LogP contribution in [0.5, 0.6) is 0 Å². The first-order chi connectivity index (χ1) is 9.61. The van der Waals surface area contributed by atoms with E-state index in [1.165, 1.54) is 23.9 Å². The number of nitro groups is 1. The Morgan fingerprint density at radius 2 is 2.05 bits per heavy atom. The average Bonchev–Trinajstić information content (AvgIpc) is 2.79. The van der Waals surface area contributed by atoms with Gasteiger partial charge in [0.1, 0.15) is 10.8 Å². The Hall–Kier alpha value is -2.54. The van der Waals surface area contributed by atoms with Crippen LogP contribution in [0.2, 0.25) is 0 Å². The molecule has 100 valence electrons. The zero-order chi connectivity index (χ0) is 14.1. The van der Waals surface area contributed by atoms with Crippen molar-refractivity contribution in [1.29, 1.82) is 0 Å². The Balaban J connectivity index is 1.96. The van der Waals surface area contributed by atoms with Gasteiger partial charge >= 0.3 is 0 Å². The number of H-pyrrole nitrogens is 1. The van der Waals surface area contributed by atoms with Crippen LogP contribution in [-0.4, -0.2) is 14.9 Å². The van der Waals surface area contributed by atoms with E-state index in [0.717, 1.165) is 15.9 Å². The molecule has 0 bridgehead atoms. The molecule has 0 saturated heterocycles. The first-order valence-electron chi connectivity index (χ1n) is 5.79. The van der Waals surface area contributed by atoms with Crippen LogP contribution in [0.4, 0.5) is 11.5 Å². The predicted octanol–water partition coefficient (Wildman–Crippen LogP) is 3.20. The monoisotopic (exact) mass is 286 g/mol. The molecule has 1 aromatic carbocycles. The van der Waals surface area contributed by atoms with E-state index in [4.69, 9.17) is 5.73 Å². The number of pyridine rings is 1. The molecular formula is C13H10N4O2S. The first kappa shape index (κ1) is 12.5. The standard InChI is InChI=1S/C13H10N4O2S/c14-11-6-9(17(18)19)7-13(16-11)20-12-5-8-3-1-2-4-10(8)15-12/h1-7,15H,(H2,14,16). The maximum Gasteiger partial charge on any atom is 0.275 e. The lowest BCUT2D eigenvalue weighted by Crippen LogP contribution is -1.95. The molecule has 0 saturated carbocycles. The highest BCUT2D eigenvalue weighted by Gasteiger charge is 2.11. The molecule has 0 spiro atoms. The van der Waals surface area contributed by atoms with Crippen LogP contribution in [0.3, 0.4) is 0 Å². The van der Waals surface area contributed by atoms with Crippen LogP contribution in [0.1, 0.15) is 0 Å². The second kappa shape index (κ2) is 4.86. The fourth-order valence-corrected chi connectivity index (χ4v) is 2.79. The van der Waals surface area contributed by atoms with Crippen molar-refractivity contribution >= 4 is 34.2 Å². The number of para-hydroxylation sites is 1. The van der Waals surface area contributed by atoms with Gasteiger partial charge in [-0.15, -0.1) is 0 Å². The number of fused-ring (bicyclic) bond motifs is 1. The number of aromatic amines is 1. The highest BCUT2D eigenvalue weighted by Crippen LogP contribution is 2.31. The minimum absolute atomic E-state index is 0.0592. The SMILES string of the molecule is Nc1cc([N+](=O)[O-])cc(Sc2cc3ccccc3[nH]2)n1. The highest BCUT2D eigenvalue weighted by molar-refractivity contribution is 7.99. The van der Waals surface area contributed by atoms with Crippen molar-refractivity contribution in [3.63, 3.8) is 0 Å². The van der Waals surface area contributed by atoms with Gasteiger partial charge in [-0.25, -0.2) is 4.98 Å². The van der Waals surface area contributed by atoms with Gasteiger partial charge in [0.2, 0.25) is 0 Å². The van der Waals surface area contributed by atoms with E-state index in [-0.39, 0.29) is 11.5 Å². The fraction of sp³-hybridized carbons (Fsp3) is 0. The number of nitrogens with two attached hydrogens (primary N) is 1. The number of rotatable bonds is 3. The molecule has 0 atom stereocenters. The van der Waals surface area contributed by atoms with Crippen molar-refractivity contribution in [1.82, 2.24) is 9.97 Å². The van der Waals surface area contributed by atoms with Crippen LogP contribution in [-0.2, 0) is 0 Å². The van der Waals surface area contributed by atoms with Gasteiger partial charge in [0.15, 0.2) is 0 Å². The van der Waals surface area contributed by atoms with Gasteiger partial charge in [0.05, 0.1) is 16.0 Å². The smallest absolute Gasteiger partial charge is 0.275 e. The summed E-state index contributed by atoms with van der Waals surface area (Å²) in [6.07, 6.45) is 0. The molecule has 0 amide bonds. The van der Waals surface area contributed by atoms with E-state index < -0.39 is 4.92 Å². The third-order valence-corrected chi connectivity index (χ3v) is 3.60. The Bertz CT molecular complexity index is 767. The van der Waals surface area contributed by atoms with E-state index in [2.05, 4.69) is 9.97 Å². The summed E-state index contributed by atoms with van der Waals surface area (Å²) < 4.78 is 0. The first-order valence-corrected chi connectivity index (χ1v) is 6.61. The number of aromatic nitrogens is 2. The number of nitrogen functional groups attached to an aromatic ring is 1. The highest BCUT2D eigenvalue weighted by atomic mass is 32.2. The van der Waals surface area contributed by atoms with Crippen LogP contribution in [0, 0.1) is 10.1 Å². The lowest BCUT2D eigenvalue weighted by molar-refractivity contribution is -0.385. The summed E-state index contributed by atoms with van der Waals surface area (Å²) in [4.78, 5) is 17.6. The largest absolute Gasteiger partial charge is 0.383 e. The van der Waals surface area contributed by atoms with Crippen molar-refractivity contribution in [2.45, 2.75) is 10.1 Å². The molecule has 6 nitrogen and oxygen atoms in total. The second-order valence-electron chi connectivity index (χ2n) is 4.17. The fourth-order valence-electron chi connectivity index (χ4n) is 1.88. The number of hydrogen-bond acceptors (Lipinski definition) is 5. The van der Waals surface area contributed by atoms with Crippen LogP contribution >= 0.6 is 11.8 Å². The van der Waals surface area contributed by atoms with Crippen LogP contribution in [0.15, 0.2) is 52.5 Å². The molecule has 2 heterocycles. The maximum atomic E-state index is 10.8. The van der Waals surface area contributed by atoms with Crippen LogP contribution in [0.25, 0.3) is 10.9 Å². The van der Waals surface area contributed by atoms with Gasteiger partial charge in [-0.2, -0.15) is 0 Å². The van der Waals surface area contributed by atoms with Gasteiger partial charge in [0.25, 0.3) is 5.69 Å². The molecule has 3 rings (SSSR count).